The fraction of sp³-hybridized carbons (Fsp3) is 0.375. The summed E-state index contributed by atoms with van der Waals surface area (Å²) in [6.07, 6.45) is 1.13. The number of carbonyl (C=O) groups is 2. The first-order valence-corrected chi connectivity index (χ1v) is 7.66. The van der Waals surface area contributed by atoms with E-state index in [0.717, 1.165) is 23.0 Å². The monoisotopic (exact) mass is 319 g/mol. The molecule has 2 aromatic rings. The number of hydrogen-bond acceptors (Lipinski definition) is 2. The van der Waals surface area contributed by atoms with Crippen LogP contribution in [0.4, 0.5) is 0 Å². The van der Waals surface area contributed by atoms with Crippen LogP contribution in [0, 0.1) is 6.92 Å². The number of piperidine rings is 1. The number of halogens is 1. The topological polar surface area (TPSA) is 65.2 Å². The molecule has 2 N–H and O–H groups in total. The van der Waals surface area contributed by atoms with Crippen molar-refractivity contribution in [3.8, 4) is 0 Å². The number of aromatic amines is 1. The smallest absolute Gasteiger partial charge is 0.253 e. The molecule has 1 aromatic carbocycles. The fourth-order valence-corrected chi connectivity index (χ4v) is 3.09. The minimum absolute atomic E-state index is 0.0650. The number of aryl methyl sites for hydroxylation is 1. The molecule has 0 bridgehead atoms. The highest BCUT2D eigenvalue weighted by Crippen LogP contribution is 2.25. The lowest BCUT2D eigenvalue weighted by atomic mass is 10.0. The van der Waals surface area contributed by atoms with Crippen LogP contribution in [0.2, 0.25) is 5.02 Å². The van der Waals surface area contributed by atoms with Crippen LogP contribution in [0.15, 0.2) is 18.2 Å². The molecule has 0 saturated carbocycles. The first-order chi connectivity index (χ1) is 10.5. The molecule has 1 aromatic heterocycles. The Labute approximate surface area is 133 Å². The van der Waals surface area contributed by atoms with Crippen LogP contribution in [0.1, 0.15) is 28.9 Å². The minimum atomic E-state index is -0.159. The number of rotatable bonds is 2. The van der Waals surface area contributed by atoms with E-state index in [-0.39, 0.29) is 17.9 Å². The molecule has 1 aliphatic heterocycles. The molecule has 1 atom stereocenters. The van der Waals surface area contributed by atoms with Gasteiger partial charge in [0.15, 0.2) is 0 Å². The summed E-state index contributed by atoms with van der Waals surface area (Å²) in [6.45, 7) is 2.53. The summed E-state index contributed by atoms with van der Waals surface area (Å²) in [5, 5.41) is 4.37. The lowest BCUT2D eigenvalue weighted by Gasteiger charge is -2.29. The van der Waals surface area contributed by atoms with Crippen molar-refractivity contribution in [1.82, 2.24) is 15.2 Å². The van der Waals surface area contributed by atoms with Gasteiger partial charge in [-0.2, -0.15) is 0 Å². The molecule has 0 radical (unpaired) electrons. The number of fused-ring (bicyclic) bond motifs is 1. The van der Waals surface area contributed by atoms with E-state index >= 15 is 0 Å². The molecule has 6 heteroatoms. The second-order valence-corrected chi connectivity index (χ2v) is 6.23. The third-order valence-corrected chi connectivity index (χ3v) is 4.41. The molecule has 0 aliphatic carbocycles. The average Bonchev–Trinajstić information content (AvgIpc) is 2.78. The van der Waals surface area contributed by atoms with Crippen molar-refractivity contribution < 1.29 is 9.59 Å². The second kappa shape index (κ2) is 5.65. The number of nitrogens with one attached hydrogen (secondary N) is 2. The number of amides is 2. The van der Waals surface area contributed by atoms with Gasteiger partial charge in [-0.25, -0.2) is 0 Å². The van der Waals surface area contributed by atoms with Gasteiger partial charge in [0, 0.05) is 47.7 Å². The molecule has 1 aliphatic rings. The number of benzene rings is 1. The summed E-state index contributed by atoms with van der Waals surface area (Å²) in [4.78, 5) is 29.2. The highest BCUT2D eigenvalue weighted by Gasteiger charge is 2.26. The van der Waals surface area contributed by atoms with Gasteiger partial charge >= 0.3 is 0 Å². The van der Waals surface area contributed by atoms with E-state index in [1.807, 2.05) is 13.0 Å². The zero-order valence-electron chi connectivity index (χ0n) is 12.6. The highest BCUT2D eigenvalue weighted by molar-refractivity contribution is 6.31. The van der Waals surface area contributed by atoms with E-state index in [4.69, 9.17) is 11.6 Å². The van der Waals surface area contributed by atoms with Crippen LogP contribution >= 0.6 is 11.6 Å². The van der Waals surface area contributed by atoms with Crippen molar-refractivity contribution in [3.05, 3.63) is 34.5 Å². The van der Waals surface area contributed by atoms with E-state index in [1.54, 1.807) is 24.1 Å². The Hall–Kier alpha value is -2.01. The van der Waals surface area contributed by atoms with Crippen molar-refractivity contribution >= 4 is 34.3 Å². The van der Waals surface area contributed by atoms with E-state index in [9.17, 15) is 9.59 Å². The SMILES string of the molecule is Cc1[nH]c2ccc(Cl)cc2c1C(=O)NC1CCN(C)C(=O)C1. The quantitative estimate of drug-likeness (QED) is 0.893. The molecule has 116 valence electrons. The molecule has 5 nitrogen and oxygen atoms in total. The molecule has 2 heterocycles. The van der Waals surface area contributed by atoms with Crippen LogP contribution in [0.5, 0.6) is 0 Å². The first kappa shape index (κ1) is 14.9. The summed E-state index contributed by atoms with van der Waals surface area (Å²) in [6, 6.07) is 5.33. The summed E-state index contributed by atoms with van der Waals surface area (Å²) < 4.78 is 0. The second-order valence-electron chi connectivity index (χ2n) is 5.79. The zero-order valence-corrected chi connectivity index (χ0v) is 13.3. The van der Waals surface area contributed by atoms with Gasteiger partial charge in [-0.05, 0) is 31.5 Å². The minimum Gasteiger partial charge on any atom is -0.358 e. The Balaban J connectivity index is 1.85. The van der Waals surface area contributed by atoms with Crippen LogP contribution in [0.25, 0.3) is 10.9 Å². The Kier molecular flexibility index (Phi) is 3.83. The van der Waals surface area contributed by atoms with Crippen molar-refractivity contribution in [2.24, 2.45) is 0 Å². The Morgan fingerprint density at radius 1 is 1.45 bits per heavy atom. The van der Waals surface area contributed by atoms with Crippen LogP contribution in [-0.2, 0) is 4.79 Å². The van der Waals surface area contributed by atoms with Gasteiger partial charge in [0.25, 0.3) is 5.91 Å². The highest BCUT2D eigenvalue weighted by atomic mass is 35.5. The van der Waals surface area contributed by atoms with Gasteiger partial charge in [0.1, 0.15) is 0 Å². The maximum Gasteiger partial charge on any atom is 0.253 e. The predicted octanol–water partition coefficient (Wildman–Crippen LogP) is 2.48. The molecular weight excluding hydrogens is 302 g/mol. The number of H-pyrrole nitrogens is 1. The number of aromatic nitrogens is 1. The molecule has 22 heavy (non-hydrogen) atoms. The van der Waals surface area contributed by atoms with Gasteiger partial charge in [-0.1, -0.05) is 11.6 Å². The molecule has 0 spiro atoms. The lowest BCUT2D eigenvalue weighted by molar-refractivity contribution is -0.132. The normalized spacial score (nSPS) is 18.8. The number of nitrogens with zero attached hydrogens (tertiary/aromatic N) is 1. The lowest BCUT2D eigenvalue weighted by Crippen LogP contribution is -2.46. The van der Waals surface area contributed by atoms with Gasteiger partial charge in [-0.3, -0.25) is 9.59 Å². The van der Waals surface area contributed by atoms with Crippen molar-refractivity contribution in [1.29, 1.82) is 0 Å². The largest absolute Gasteiger partial charge is 0.358 e. The predicted molar refractivity (Wildman–Crippen MR) is 86.2 cm³/mol. The summed E-state index contributed by atoms with van der Waals surface area (Å²) >= 11 is 6.04. The van der Waals surface area contributed by atoms with E-state index in [2.05, 4.69) is 10.3 Å². The van der Waals surface area contributed by atoms with Crippen molar-refractivity contribution in [3.63, 3.8) is 0 Å². The molecule has 1 unspecified atom stereocenters. The summed E-state index contributed by atoms with van der Waals surface area (Å²) in [5.74, 6) is -0.0939. The standard InChI is InChI=1S/C16H18ClN3O2/c1-9-15(12-7-10(17)3-4-13(12)18-9)16(22)19-11-5-6-20(2)14(21)8-11/h3-4,7,11,18H,5-6,8H2,1-2H3,(H,19,22). The fourth-order valence-electron chi connectivity index (χ4n) is 2.92. The molecule has 2 amide bonds. The van der Waals surface area contributed by atoms with E-state index < -0.39 is 0 Å². The van der Waals surface area contributed by atoms with E-state index in [1.165, 1.54) is 0 Å². The van der Waals surface area contributed by atoms with Gasteiger partial charge in [0.05, 0.1) is 5.56 Å². The van der Waals surface area contributed by atoms with E-state index in [0.29, 0.717) is 23.6 Å². The molecular formula is C16H18ClN3O2. The first-order valence-electron chi connectivity index (χ1n) is 7.28. The third-order valence-electron chi connectivity index (χ3n) is 4.17. The molecule has 1 saturated heterocycles. The van der Waals surface area contributed by atoms with Crippen LogP contribution in [-0.4, -0.2) is 41.3 Å². The molecule has 3 rings (SSSR count). The third kappa shape index (κ3) is 2.68. The van der Waals surface area contributed by atoms with Gasteiger partial charge < -0.3 is 15.2 Å². The van der Waals surface area contributed by atoms with Crippen LogP contribution < -0.4 is 5.32 Å². The maximum absolute atomic E-state index is 12.6. The zero-order chi connectivity index (χ0) is 15.9. The Bertz CT molecular complexity index is 753. The van der Waals surface area contributed by atoms with Gasteiger partial charge in [-0.15, -0.1) is 0 Å². The molecule has 1 fully saturated rings. The van der Waals surface area contributed by atoms with Gasteiger partial charge in [0.2, 0.25) is 5.91 Å². The summed E-state index contributed by atoms with van der Waals surface area (Å²) in [5.41, 5.74) is 2.28. The number of hydrogen-bond donors (Lipinski definition) is 2. The Morgan fingerprint density at radius 2 is 2.23 bits per heavy atom. The summed E-state index contributed by atoms with van der Waals surface area (Å²) in [7, 11) is 1.78. The van der Waals surface area contributed by atoms with Crippen LogP contribution in [0.3, 0.4) is 0 Å². The average molecular weight is 320 g/mol. The van der Waals surface area contributed by atoms with Crippen molar-refractivity contribution in [2.45, 2.75) is 25.8 Å². The number of carbonyl (C=O) groups excluding carboxylic acids is 2. The Morgan fingerprint density at radius 3 is 2.95 bits per heavy atom. The van der Waals surface area contributed by atoms with Crippen molar-refractivity contribution in [2.75, 3.05) is 13.6 Å². The maximum atomic E-state index is 12.6. The number of likely N-dealkylation sites (tertiary alicyclic amines) is 1.